The summed E-state index contributed by atoms with van der Waals surface area (Å²) < 4.78 is 12.8. The van der Waals surface area contributed by atoms with Crippen LogP contribution in [0.4, 0.5) is 4.39 Å². The third-order valence-corrected chi connectivity index (χ3v) is 2.05. The molecule has 0 unspecified atom stereocenters. The van der Waals surface area contributed by atoms with Crippen LogP contribution < -0.4 is 5.73 Å². The van der Waals surface area contributed by atoms with E-state index in [-0.39, 0.29) is 24.3 Å². The Labute approximate surface area is 84.5 Å². The van der Waals surface area contributed by atoms with Crippen molar-refractivity contribution in [2.24, 2.45) is 5.73 Å². The van der Waals surface area contributed by atoms with Crippen LogP contribution in [-0.4, -0.2) is 0 Å². The van der Waals surface area contributed by atoms with E-state index in [4.69, 9.17) is 5.73 Å². The first kappa shape index (κ1) is 12.4. The summed E-state index contributed by atoms with van der Waals surface area (Å²) in [6, 6.07) is 5.06. The Morgan fingerprint density at radius 2 is 2.08 bits per heavy atom. The van der Waals surface area contributed by atoms with Crippen LogP contribution in [0.3, 0.4) is 0 Å². The van der Waals surface area contributed by atoms with Crippen LogP contribution >= 0.6 is 12.4 Å². The van der Waals surface area contributed by atoms with Gasteiger partial charge in [-0.15, -0.1) is 12.4 Å². The molecule has 0 bridgehead atoms. The summed E-state index contributed by atoms with van der Waals surface area (Å²) in [6.07, 6.45) is 0.880. The summed E-state index contributed by atoms with van der Waals surface area (Å²) in [5.41, 5.74) is 7.46. The zero-order valence-electron chi connectivity index (χ0n) is 7.88. The standard InChI is InChI=1S/C10H14FN.ClH/c1-3-10(12)8-4-5-9(11)7(2)6-8;/h4-6,10H,3,12H2,1-2H3;1H/t10-;/m0./s1. The first-order valence-electron chi connectivity index (χ1n) is 4.16. The van der Waals surface area contributed by atoms with Crippen molar-refractivity contribution in [3.63, 3.8) is 0 Å². The average Bonchev–Trinajstić information content (AvgIpc) is 2.08. The maximum absolute atomic E-state index is 12.8. The van der Waals surface area contributed by atoms with Gasteiger partial charge in [0.05, 0.1) is 0 Å². The monoisotopic (exact) mass is 203 g/mol. The van der Waals surface area contributed by atoms with Gasteiger partial charge in [-0.1, -0.05) is 19.1 Å². The Bertz CT molecular complexity index is 276. The number of benzene rings is 1. The first-order chi connectivity index (χ1) is 5.65. The maximum atomic E-state index is 12.8. The van der Waals surface area contributed by atoms with E-state index in [1.807, 2.05) is 13.0 Å². The molecule has 0 aliphatic carbocycles. The van der Waals surface area contributed by atoms with Gasteiger partial charge in [0.15, 0.2) is 0 Å². The summed E-state index contributed by atoms with van der Waals surface area (Å²) >= 11 is 0. The largest absolute Gasteiger partial charge is 0.324 e. The van der Waals surface area contributed by atoms with Gasteiger partial charge in [0.25, 0.3) is 0 Å². The third kappa shape index (κ3) is 2.98. The van der Waals surface area contributed by atoms with Crippen LogP contribution in [0.15, 0.2) is 18.2 Å². The van der Waals surface area contributed by atoms with E-state index < -0.39 is 0 Å². The summed E-state index contributed by atoms with van der Waals surface area (Å²) in [7, 11) is 0. The van der Waals surface area contributed by atoms with Crippen LogP contribution in [0, 0.1) is 12.7 Å². The highest BCUT2D eigenvalue weighted by molar-refractivity contribution is 5.85. The minimum absolute atomic E-state index is 0. The SMILES string of the molecule is CC[C@H](N)c1ccc(F)c(C)c1.Cl. The molecule has 0 aliphatic rings. The Balaban J connectivity index is 0.00000144. The Morgan fingerprint density at radius 3 is 2.54 bits per heavy atom. The van der Waals surface area contributed by atoms with Crippen LogP contribution in [0.2, 0.25) is 0 Å². The zero-order valence-corrected chi connectivity index (χ0v) is 8.70. The fraction of sp³-hybridized carbons (Fsp3) is 0.400. The molecule has 13 heavy (non-hydrogen) atoms. The van der Waals surface area contributed by atoms with Crippen LogP contribution in [0.1, 0.15) is 30.5 Å². The Kier molecular flexibility index (Phi) is 4.96. The number of halogens is 2. The summed E-state index contributed by atoms with van der Waals surface area (Å²) in [4.78, 5) is 0. The highest BCUT2D eigenvalue weighted by Gasteiger charge is 2.04. The Hall–Kier alpha value is -0.600. The lowest BCUT2D eigenvalue weighted by atomic mass is 10.0. The molecule has 0 fully saturated rings. The number of aryl methyl sites for hydroxylation is 1. The van der Waals surface area contributed by atoms with Gasteiger partial charge < -0.3 is 5.73 Å². The molecule has 0 heterocycles. The van der Waals surface area contributed by atoms with Crippen molar-refractivity contribution in [1.82, 2.24) is 0 Å². The second-order valence-corrected chi connectivity index (χ2v) is 3.02. The zero-order chi connectivity index (χ0) is 9.14. The minimum Gasteiger partial charge on any atom is -0.324 e. The van der Waals surface area contributed by atoms with E-state index in [0.29, 0.717) is 5.56 Å². The van der Waals surface area contributed by atoms with E-state index in [1.165, 1.54) is 6.07 Å². The van der Waals surface area contributed by atoms with Gasteiger partial charge >= 0.3 is 0 Å². The molecule has 0 amide bonds. The minimum atomic E-state index is -0.165. The van der Waals surface area contributed by atoms with Gasteiger partial charge in [0, 0.05) is 6.04 Å². The molecule has 0 saturated carbocycles. The smallest absolute Gasteiger partial charge is 0.126 e. The fourth-order valence-electron chi connectivity index (χ4n) is 1.13. The average molecular weight is 204 g/mol. The molecule has 1 aromatic carbocycles. The molecule has 2 N–H and O–H groups in total. The van der Waals surface area contributed by atoms with Gasteiger partial charge in [0.1, 0.15) is 5.82 Å². The van der Waals surface area contributed by atoms with Gasteiger partial charge in [-0.25, -0.2) is 4.39 Å². The van der Waals surface area contributed by atoms with E-state index in [0.717, 1.165) is 12.0 Å². The van der Waals surface area contributed by atoms with E-state index >= 15 is 0 Å². The number of rotatable bonds is 2. The normalized spacial score (nSPS) is 12.0. The van der Waals surface area contributed by atoms with Gasteiger partial charge in [-0.05, 0) is 30.5 Å². The maximum Gasteiger partial charge on any atom is 0.126 e. The summed E-state index contributed by atoms with van der Waals surface area (Å²) in [5.74, 6) is -0.165. The molecule has 1 rings (SSSR count). The number of hydrogen-bond donors (Lipinski definition) is 1. The van der Waals surface area contributed by atoms with Gasteiger partial charge in [0.2, 0.25) is 0 Å². The van der Waals surface area contributed by atoms with Crippen molar-refractivity contribution >= 4 is 12.4 Å². The van der Waals surface area contributed by atoms with Crippen molar-refractivity contribution in [3.05, 3.63) is 35.1 Å². The molecule has 0 radical (unpaired) electrons. The molecule has 3 heteroatoms. The van der Waals surface area contributed by atoms with E-state index in [9.17, 15) is 4.39 Å². The summed E-state index contributed by atoms with van der Waals surface area (Å²) in [6.45, 7) is 3.77. The molecule has 1 atom stereocenters. The predicted molar refractivity (Wildman–Crippen MR) is 55.6 cm³/mol. The molecule has 1 aromatic rings. The first-order valence-corrected chi connectivity index (χ1v) is 4.16. The Morgan fingerprint density at radius 1 is 1.46 bits per heavy atom. The number of hydrogen-bond acceptors (Lipinski definition) is 1. The fourth-order valence-corrected chi connectivity index (χ4v) is 1.13. The third-order valence-electron chi connectivity index (χ3n) is 2.05. The van der Waals surface area contributed by atoms with Crippen molar-refractivity contribution < 1.29 is 4.39 Å². The van der Waals surface area contributed by atoms with Gasteiger partial charge in [-0.3, -0.25) is 0 Å². The topological polar surface area (TPSA) is 26.0 Å². The lowest BCUT2D eigenvalue weighted by Gasteiger charge is -2.09. The van der Waals surface area contributed by atoms with Crippen LogP contribution in [0.5, 0.6) is 0 Å². The van der Waals surface area contributed by atoms with Crippen molar-refractivity contribution in [3.8, 4) is 0 Å². The molecule has 0 saturated heterocycles. The highest BCUT2D eigenvalue weighted by atomic mass is 35.5. The molecule has 0 aliphatic heterocycles. The molecule has 74 valence electrons. The quantitative estimate of drug-likeness (QED) is 0.786. The molecular weight excluding hydrogens is 189 g/mol. The molecule has 0 spiro atoms. The summed E-state index contributed by atoms with van der Waals surface area (Å²) in [5, 5.41) is 0. The van der Waals surface area contributed by atoms with Crippen LogP contribution in [0.25, 0.3) is 0 Å². The van der Waals surface area contributed by atoms with Crippen LogP contribution in [-0.2, 0) is 0 Å². The van der Waals surface area contributed by atoms with E-state index in [1.54, 1.807) is 13.0 Å². The second kappa shape index (κ2) is 5.20. The van der Waals surface area contributed by atoms with Crippen molar-refractivity contribution in [2.45, 2.75) is 26.3 Å². The van der Waals surface area contributed by atoms with Crippen molar-refractivity contribution in [1.29, 1.82) is 0 Å². The highest BCUT2D eigenvalue weighted by Crippen LogP contribution is 2.16. The molecular formula is C10H15ClFN. The number of nitrogens with two attached hydrogens (primary N) is 1. The molecule has 1 nitrogen and oxygen atoms in total. The van der Waals surface area contributed by atoms with E-state index in [2.05, 4.69) is 0 Å². The lowest BCUT2D eigenvalue weighted by molar-refractivity contribution is 0.614. The second-order valence-electron chi connectivity index (χ2n) is 3.02. The lowest BCUT2D eigenvalue weighted by Crippen LogP contribution is -2.08. The molecule has 0 aromatic heterocycles. The van der Waals surface area contributed by atoms with Gasteiger partial charge in [-0.2, -0.15) is 0 Å². The predicted octanol–water partition coefficient (Wildman–Crippen LogP) is 2.97. The van der Waals surface area contributed by atoms with Crippen molar-refractivity contribution in [2.75, 3.05) is 0 Å².